The number of rotatable bonds is 7. The smallest absolute Gasteiger partial charge is 0.254 e. The van der Waals surface area contributed by atoms with E-state index >= 15 is 0 Å². The number of nitrogens with one attached hydrogen (secondary N) is 2. The topological polar surface area (TPSA) is 50.4 Å². The molecule has 0 spiro atoms. The van der Waals surface area contributed by atoms with Crippen LogP contribution < -0.4 is 15.4 Å². The maximum absolute atomic E-state index is 14.2. The van der Waals surface area contributed by atoms with Gasteiger partial charge in [-0.2, -0.15) is 0 Å². The molecule has 0 saturated heterocycles. The molecule has 4 nitrogen and oxygen atoms in total. The van der Waals surface area contributed by atoms with Crippen LogP contribution in [0.4, 0.5) is 8.78 Å². The Morgan fingerprint density at radius 1 is 1.08 bits per heavy atom. The predicted molar refractivity (Wildman–Crippen MR) is 89.2 cm³/mol. The monoisotopic (exact) mass is 334 g/mol. The zero-order valence-electron chi connectivity index (χ0n) is 13.7. The number of carbonyl (C=O) groups is 1. The summed E-state index contributed by atoms with van der Waals surface area (Å²) in [4.78, 5) is 12.0. The summed E-state index contributed by atoms with van der Waals surface area (Å²) < 4.78 is 33.2. The number of amides is 1. The average Bonchev–Trinajstić information content (AvgIpc) is 2.58. The van der Waals surface area contributed by atoms with Crippen LogP contribution in [0.1, 0.15) is 16.8 Å². The van der Waals surface area contributed by atoms with Gasteiger partial charge in [-0.05, 0) is 49.8 Å². The van der Waals surface area contributed by atoms with Crippen LogP contribution in [0.3, 0.4) is 0 Å². The van der Waals surface area contributed by atoms with E-state index in [-0.39, 0.29) is 11.1 Å². The van der Waals surface area contributed by atoms with Crippen molar-refractivity contribution in [1.82, 2.24) is 10.6 Å². The maximum Gasteiger partial charge on any atom is 0.254 e. The van der Waals surface area contributed by atoms with Gasteiger partial charge >= 0.3 is 0 Å². The number of hydrogen-bond donors (Lipinski definition) is 2. The summed E-state index contributed by atoms with van der Waals surface area (Å²) in [5.41, 5.74) is 0.548. The van der Waals surface area contributed by atoms with Crippen LogP contribution in [-0.2, 0) is 0 Å². The molecule has 1 amide bonds. The molecule has 0 aliphatic heterocycles. The summed E-state index contributed by atoms with van der Waals surface area (Å²) >= 11 is 0. The third-order valence-electron chi connectivity index (χ3n) is 3.59. The molecular weight excluding hydrogens is 314 g/mol. The lowest BCUT2D eigenvalue weighted by molar-refractivity contribution is 0.0949. The van der Waals surface area contributed by atoms with Crippen molar-refractivity contribution in [2.45, 2.75) is 6.42 Å². The van der Waals surface area contributed by atoms with Crippen molar-refractivity contribution in [2.24, 2.45) is 0 Å². The molecule has 0 unspecified atom stereocenters. The van der Waals surface area contributed by atoms with Crippen molar-refractivity contribution in [2.75, 3.05) is 27.2 Å². The Balaban J connectivity index is 2.16. The Kier molecular flexibility index (Phi) is 6.26. The molecule has 0 aliphatic carbocycles. The third-order valence-corrected chi connectivity index (χ3v) is 3.59. The van der Waals surface area contributed by atoms with Crippen molar-refractivity contribution in [3.05, 3.63) is 53.6 Å². The standard InChI is InChI=1S/C18H20F2N2O2/c1-21-8-3-9-22-18(23)15-6-4-12(10-16(15)19)14-7-5-13(24-2)11-17(14)20/h4-7,10-11,21H,3,8-9H2,1-2H3,(H,22,23). The minimum Gasteiger partial charge on any atom is -0.497 e. The molecule has 2 aromatic carbocycles. The van der Waals surface area contributed by atoms with Crippen LogP contribution in [0.5, 0.6) is 5.75 Å². The van der Waals surface area contributed by atoms with Gasteiger partial charge in [0.1, 0.15) is 17.4 Å². The molecule has 2 rings (SSSR count). The van der Waals surface area contributed by atoms with Crippen molar-refractivity contribution in [3.8, 4) is 16.9 Å². The van der Waals surface area contributed by atoms with Crippen molar-refractivity contribution in [3.63, 3.8) is 0 Å². The number of carbonyl (C=O) groups excluding carboxylic acids is 1. The van der Waals surface area contributed by atoms with Crippen molar-refractivity contribution < 1.29 is 18.3 Å². The molecule has 0 aromatic heterocycles. The Morgan fingerprint density at radius 2 is 1.88 bits per heavy atom. The number of ether oxygens (including phenoxy) is 1. The number of methoxy groups -OCH3 is 1. The van der Waals surface area contributed by atoms with E-state index in [1.54, 1.807) is 6.07 Å². The minimum absolute atomic E-state index is 0.0582. The van der Waals surface area contributed by atoms with Crippen LogP contribution in [0.2, 0.25) is 0 Å². The SMILES string of the molecule is CNCCCNC(=O)c1ccc(-c2ccc(OC)cc2F)cc1F. The summed E-state index contributed by atoms with van der Waals surface area (Å²) in [5.74, 6) is -1.30. The fourth-order valence-electron chi connectivity index (χ4n) is 2.29. The van der Waals surface area contributed by atoms with Gasteiger partial charge in [0.05, 0.1) is 12.7 Å². The highest BCUT2D eigenvalue weighted by Gasteiger charge is 2.14. The summed E-state index contributed by atoms with van der Waals surface area (Å²) in [5, 5.41) is 5.61. The zero-order valence-corrected chi connectivity index (χ0v) is 13.7. The molecule has 2 N–H and O–H groups in total. The summed E-state index contributed by atoms with van der Waals surface area (Å²) in [6.07, 6.45) is 0.749. The predicted octanol–water partition coefficient (Wildman–Crippen LogP) is 2.98. The first kappa shape index (κ1) is 17.9. The van der Waals surface area contributed by atoms with Crippen LogP contribution in [0.15, 0.2) is 36.4 Å². The lowest BCUT2D eigenvalue weighted by Gasteiger charge is -2.09. The normalized spacial score (nSPS) is 10.5. The molecule has 24 heavy (non-hydrogen) atoms. The van der Waals surface area contributed by atoms with Crippen LogP contribution in [-0.4, -0.2) is 33.2 Å². The summed E-state index contributed by atoms with van der Waals surface area (Å²) in [6, 6.07) is 8.39. The largest absolute Gasteiger partial charge is 0.497 e. The van der Waals surface area contributed by atoms with Gasteiger partial charge in [0.15, 0.2) is 0 Å². The van der Waals surface area contributed by atoms with Gasteiger partial charge in [0.25, 0.3) is 5.91 Å². The van der Waals surface area contributed by atoms with Gasteiger partial charge < -0.3 is 15.4 Å². The van der Waals surface area contributed by atoms with Crippen LogP contribution in [0, 0.1) is 11.6 Å². The third kappa shape index (κ3) is 4.29. The van der Waals surface area contributed by atoms with Gasteiger partial charge in [0, 0.05) is 18.2 Å². The van der Waals surface area contributed by atoms with Gasteiger partial charge in [-0.3, -0.25) is 4.79 Å². The fraction of sp³-hybridized carbons (Fsp3) is 0.278. The number of benzene rings is 2. The Bertz CT molecular complexity index is 720. The quantitative estimate of drug-likeness (QED) is 0.766. The van der Waals surface area contributed by atoms with E-state index < -0.39 is 17.5 Å². The second-order valence-electron chi connectivity index (χ2n) is 5.25. The summed E-state index contributed by atoms with van der Waals surface area (Å²) in [7, 11) is 3.26. The maximum atomic E-state index is 14.2. The number of hydrogen-bond acceptors (Lipinski definition) is 3. The van der Waals surface area contributed by atoms with Crippen LogP contribution in [0.25, 0.3) is 11.1 Å². The van der Waals surface area contributed by atoms with E-state index in [4.69, 9.17) is 4.74 Å². The van der Waals surface area contributed by atoms with Gasteiger partial charge in [-0.1, -0.05) is 6.07 Å². The molecule has 0 aliphatic rings. The molecule has 128 valence electrons. The minimum atomic E-state index is -0.686. The van der Waals surface area contributed by atoms with E-state index in [9.17, 15) is 13.6 Å². The molecule has 0 heterocycles. The molecule has 6 heteroatoms. The first-order chi connectivity index (χ1) is 11.6. The van der Waals surface area contributed by atoms with Crippen LogP contribution >= 0.6 is 0 Å². The van der Waals surface area contributed by atoms with E-state index in [1.165, 1.54) is 31.4 Å². The first-order valence-corrected chi connectivity index (χ1v) is 7.63. The Labute approximate surface area is 139 Å². The first-order valence-electron chi connectivity index (χ1n) is 7.63. The Morgan fingerprint density at radius 3 is 2.50 bits per heavy atom. The van der Waals surface area contributed by atoms with Crippen molar-refractivity contribution >= 4 is 5.91 Å². The Hall–Kier alpha value is -2.47. The van der Waals surface area contributed by atoms with Gasteiger partial charge in [-0.15, -0.1) is 0 Å². The molecule has 0 saturated carbocycles. The molecule has 0 bridgehead atoms. The highest BCUT2D eigenvalue weighted by atomic mass is 19.1. The highest BCUT2D eigenvalue weighted by molar-refractivity contribution is 5.95. The lowest BCUT2D eigenvalue weighted by Crippen LogP contribution is -2.27. The van der Waals surface area contributed by atoms with Gasteiger partial charge in [-0.25, -0.2) is 8.78 Å². The fourth-order valence-corrected chi connectivity index (χ4v) is 2.29. The number of halogens is 2. The highest BCUT2D eigenvalue weighted by Crippen LogP contribution is 2.27. The zero-order chi connectivity index (χ0) is 17.5. The molecule has 2 aromatic rings. The van der Waals surface area contributed by atoms with Gasteiger partial charge in [0.2, 0.25) is 0 Å². The summed E-state index contributed by atoms with van der Waals surface area (Å²) in [6.45, 7) is 1.21. The molecule has 0 fully saturated rings. The molecule has 0 atom stereocenters. The molecule has 0 radical (unpaired) electrons. The van der Waals surface area contributed by atoms with E-state index in [0.717, 1.165) is 19.0 Å². The lowest BCUT2D eigenvalue weighted by atomic mass is 10.0. The van der Waals surface area contributed by atoms with E-state index in [0.29, 0.717) is 17.9 Å². The second kappa shape index (κ2) is 8.40. The van der Waals surface area contributed by atoms with E-state index in [2.05, 4.69) is 10.6 Å². The van der Waals surface area contributed by atoms with E-state index in [1.807, 2.05) is 7.05 Å². The second-order valence-corrected chi connectivity index (χ2v) is 5.25. The molecular formula is C18H20F2N2O2. The van der Waals surface area contributed by atoms with Crippen molar-refractivity contribution in [1.29, 1.82) is 0 Å². The average molecular weight is 334 g/mol.